The van der Waals surface area contributed by atoms with Crippen LogP contribution in [0.15, 0.2) is 30.3 Å². The van der Waals surface area contributed by atoms with Gasteiger partial charge in [0.15, 0.2) is 0 Å². The predicted octanol–water partition coefficient (Wildman–Crippen LogP) is 3.22. The zero-order chi connectivity index (χ0) is 15.1. The fourth-order valence-corrected chi connectivity index (χ4v) is 3.27. The zero-order valence-electron chi connectivity index (χ0n) is 13.3. The van der Waals surface area contributed by atoms with Crippen LogP contribution in [0.25, 0.3) is 0 Å². The zero-order valence-corrected chi connectivity index (χ0v) is 13.3. The topological polar surface area (TPSA) is 41.1 Å². The summed E-state index contributed by atoms with van der Waals surface area (Å²) in [4.78, 5) is 12.5. The Balaban J connectivity index is 1.81. The van der Waals surface area contributed by atoms with Crippen molar-refractivity contribution < 1.29 is 4.79 Å². The third-order valence-corrected chi connectivity index (χ3v) is 4.59. The van der Waals surface area contributed by atoms with Gasteiger partial charge in [-0.1, -0.05) is 50.6 Å². The van der Waals surface area contributed by atoms with Gasteiger partial charge < -0.3 is 10.6 Å². The van der Waals surface area contributed by atoms with E-state index >= 15 is 0 Å². The number of amides is 1. The van der Waals surface area contributed by atoms with Crippen LogP contribution >= 0.6 is 0 Å². The van der Waals surface area contributed by atoms with Crippen molar-refractivity contribution in [2.75, 3.05) is 13.1 Å². The first-order chi connectivity index (χ1) is 10.2. The van der Waals surface area contributed by atoms with E-state index in [9.17, 15) is 4.79 Å². The number of carbonyl (C=O) groups excluding carboxylic acids is 1. The van der Waals surface area contributed by atoms with Crippen LogP contribution in [0.5, 0.6) is 0 Å². The fraction of sp³-hybridized carbons (Fsp3) is 0.611. The van der Waals surface area contributed by atoms with E-state index in [4.69, 9.17) is 0 Å². The molecule has 21 heavy (non-hydrogen) atoms. The third kappa shape index (κ3) is 4.07. The van der Waals surface area contributed by atoms with Gasteiger partial charge in [-0.3, -0.25) is 4.79 Å². The van der Waals surface area contributed by atoms with Crippen molar-refractivity contribution in [1.82, 2.24) is 10.6 Å². The van der Waals surface area contributed by atoms with Crippen molar-refractivity contribution in [1.29, 1.82) is 0 Å². The average molecular weight is 288 g/mol. The molecule has 1 aliphatic rings. The predicted molar refractivity (Wildman–Crippen MR) is 87.4 cm³/mol. The highest BCUT2D eigenvalue weighted by molar-refractivity contribution is 5.86. The first kappa shape index (κ1) is 16.0. The van der Waals surface area contributed by atoms with E-state index in [1.807, 2.05) is 6.07 Å². The smallest absolute Gasteiger partial charge is 0.240 e. The molecule has 3 nitrogen and oxygen atoms in total. The molecule has 2 rings (SSSR count). The van der Waals surface area contributed by atoms with Gasteiger partial charge >= 0.3 is 0 Å². The van der Waals surface area contributed by atoms with E-state index in [1.54, 1.807) is 0 Å². The highest BCUT2D eigenvalue weighted by atomic mass is 16.2. The van der Waals surface area contributed by atoms with Crippen molar-refractivity contribution in [3.63, 3.8) is 0 Å². The molecule has 1 saturated heterocycles. The van der Waals surface area contributed by atoms with Crippen molar-refractivity contribution in [3.05, 3.63) is 35.9 Å². The summed E-state index contributed by atoms with van der Waals surface area (Å²) in [5.74, 6) is 0.673. The molecule has 0 saturated carbocycles. The van der Waals surface area contributed by atoms with Crippen molar-refractivity contribution in [3.8, 4) is 0 Å². The van der Waals surface area contributed by atoms with Gasteiger partial charge in [0.2, 0.25) is 5.91 Å². The Morgan fingerprint density at radius 1 is 1.38 bits per heavy atom. The van der Waals surface area contributed by atoms with Crippen LogP contribution in [0.3, 0.4) is 0 Å². The standard InChI is InChI=1S/C18H28N2O/c1-3-11-18(12-7-13-20-18)17(21)19-14-10-15(2)16-8-5-4-6-9-16/h4-6,8-9,15,20H,3,7,10-14H2,1-2H3,(H,19,21). The lowest BCUT2D eigenvalue weighted by Gasteiger charge is -2.28. The minimum atomic E-state index is -0.301. The second kappa shape index (κ2) is 7.60. The number of carbonyl (C=O) groups is 1. The molecule has 1 amide bonds. The highest BCUT2D eigenvalue weighted by Gasteiger charge is 2.39. The second-order valence-corrected chi connectivity index (χ2v) is 6.22. The van der Waals surface area contributed by atoms with Gasteiger partial charge in [-0.2, -0.15) is 0 Å². The van der Waals surface area contributed by atoms with E-state index in [2.05, 4.69) is 48.7 Å². The second-order valence-electron chi connectivity index (χ2n) is 6.22. The molecule has 0 radical (unpaired) electrons. The molecule has 3 heteroatoms. The minimum Gasteiger partial charge on any atom is -0.354 e. The van der Waals surface area contributed by atoms with Crippen LogP contribution < -0.4 is 10.6 Å². The molecule has 0 spiro atoms. The van der Waals surface area contributed by atoms with Gasteiger partial charge in [-0.05, 0) is 43.7 Å². The summed E-state index contributed by atoms with van der Waals surface area (Å²) in [5, 5.41) is 6.58. The number of benzene rings is 1. The molecule has 2 unspecified atom stereocenters. The lowest BCUT2D eigenvalue weighted by atomic mass is 9.90. The Morgan fingerprint density at radius 2 is 2.14 bits per heavy atom. The average Bonchev–Trinajstić information content (AvgIpc) is 2.98. The number of hydrogen-bond donors (Lipinski definition) is 2. The molecule has 1 heterocycles. The monoisotopic (exact) mass is 288 g/mol. The first-order valence-corrected chi connectivity index (χ1v) is 8.26. The van der Waals surface area contributed by atoms with Crippen LogP contribution in [0.1, 0.15) is 57.4 Å². The Morgan fingerprint density at radius 3 is 2.76 bits per heavy atom. The maximum atomic E-state index is 12.5. The Hall–Kier alpha value is -1.35. The SMILES string of the molecule is CCCC1(C(=O)NCCC(C)c2ccccc2)CCCN1. The minimum absolute atomic E-state index is 0.196. The molecule has 116 valence electrons. The molecule has 2 N–H and O–H groups in total. The Kier molecular flexibility index (Phi) is 5.80. The van der Waals surface area contributed by atoms with Gasteiger partial charge in [-0.25, -0.2) is 0 Å². The summed E-state index contributed by atoms with van der Waals surface area (Å²) < 4.78 is 0. The lowest BCUT2D eigenvalue weighted by molar-refractivity contribution is -0.127. The first-order valence-electron chi connectivity index (χ1n) is 8.26. The maximum absolute atomic E-state index is 12.5. The molecule has 2 atom stereocenters. The fourth-order valence-electron chi connectivity index (χ4n) is 3.27. The van der Waals surface area contributed by atoms with Crippen LogP contribution in [0.4, 0.5) is 0 Å². The molecule has 0 aliphatic carbocycles. The lowest BCUT2D eigenvalue weighted by Crippen LogP contribution is -2.53. The van der Waals surface area contributed by atoms with Gasteiger partial charge in [0, 0.05) is 6.54 Å². The number of rotatable bonds is 7. The largest absolute Gasteiger partial charge is 0.354 e. The molecule has 1 aromatic rings. The van der Waals surface area contributed by atoms with Gasteiger partial charge in [0.1, 0.15) is 0 Å². The number of nitrogens with one attached hydrogen (secondary N) is 2. The van der Waals surface area contributed by atoms with Gasteiger partial charge in [0.25, 0.3) is 0 Å². The Labute approximate surface area is 128 Å². The molecule has 1 fully saturated rings. The quantitative estimate of drug-likeness (QED) is 0.809. The van der Waals surface area contributed by atoms with Crippen molar-refractivity contribution in [2.24, 2.45) is 0 Å². The van der Waals surface area contributed by atoms with Crippen molar-refractivity contribution in [2.45, 2.75) is 57.4 Å². The van der Waals surface area contributed by atoms with E-state index < -0.39 is 0 Å². The number of hydrogen-bond acceptors (Lipinski definition) is 2. The van der Waals surface area contributed by atoms with E-state index in [1.165, 1.54) is 5.56 Å². The Bertz CT molecular complexity index is 438. The maximum Gasteiger partial charge on any atom is 0.240 e. The summed E-state index contributed by atoms with van der Waals surface area (Å²) >= 11 is 0. The van der Waals surface area contributed by atoms with Gasteiger partial charge in [-0.15, -0.1) is 0 Å². The van der Waals surface area contributed by atoms with Gasteiger partial charge in [0.05, 0.1) is 5.54 Å². The molecule has 1 aliphatic heterocycles. The normalized spacial score (nSPS) is 23.0. The van der Waals surface area contributed by atoms with Crippen LogP contribution in [-0.2, 0) is 4.79 Å². The summed E-state index contributed by atoms with van der Waals surface area (Å²) in [6.45, 7) is 6.08. The van der Waals surface area contributed by atoms with E-state index in [0.29, 0.717) is 5.92 Å². The summed E-state index contributed by atoms with van der Waals surface area (Å²) in [6, 6.07) is 10.5. The highest BCUT2D eigenvalue weighted by Crippen LogP contribution is 2.25. The van der Waals surface area contributed by atoms with Crippen LogP contribution in [0, 0.1) is 0 Å². The van der Waals surface area contributed by atoms with E-state index in [0.717, 1.165) is 45.2 Å². The molecule has 1 aromatic carbocycles. The summed E-state index contributed by atoms with van der Waals surface area (Å²) in [7, 11) is 0. The van der Waals surface area contributed by atoms with Crippen LogP contribution in [-0.4, -0.2) is 24.5 Å². The molecule has 0 aromatic heterocycles. The molecular formula is C18H28N2O. The van der Waals surface area contributed by atoms with Crippen molar-refractivity contribution >= 4 is 5.91 Å². The van der Waals surface area contributed by atoms with Crippen LogP contribution in [0.2, 0.25) is 0 Å². The summed E-state index contributed by atoms with van der Waals surface area (Å²) in [5.41, 5.74) is 1.04. The summed E-state index contributed by atoms with van der Waals surface area (Å²) in [6.07, 6.45) is 5.04. The molecule has 0 bridgehead atoms. The molecular weight excluding hydrogens is 260 g/mol. The van der Waals surface area contributed by atoms with E-state index in [-0.39, 0.29) is 11.4 Å². The third-order valence-electron chi connectivity index (χ3n) is 4.59.